The molecular formula is C15H20N2O4S. The Bertz CT molecular complexity index is 653. The van der Waals surface area contributed by atoms with Crippen LogP contribution in [0.15, 0.2) is 29.2 Å². The molecule has 7 heteroatoms. The maximum absolute atomic E-state index is 12.4. The summed E-state index contributed by atoms with van der Waals surface area (Å²) in [4.78, 5) is 13.9. The van der Waals surface area contributed by atoms with Gasteiger partial charge in [-0.05, 0) is 44.0 Å². The second-order valence-electron chi connectivity index (χ2n) is 5.70. The van der Waals surface area contributed by atoms with Crippen molar-refractivity contribution in [3.63, 3.8) is 0 Å². The second kappa shape index (κ2) is 5.89. The largest absolute Gasteiger partial charge is 0.494 e. The maximum Gasteiger partial charge on any atom is 0.240 e. The third-order valence-electron chi connectivity index (χ3n) is 3.91. The minimum Gasteiger partial charge on any atom is -0.494 e. The lowest BCUT2D eigenvalue weighted by atomic mass is 10.3. The van der Waals surface area contributed by atoms with Gasteiger partial charge in [-0.15, -0.1) is 0 Å². The third-order valence-corrected chi connectivity index (χ3v) is 5.45. The number of amides is 1. The van der Waals surface area contributed by atoms with Crippen LogP contribution in [0, 0.1) is 0 Å². The fourth-order valence-corrected chi connectivity index (χ4v) is 3.95. The van der Waals surface area contributed by atoms with Gasteiger partial charge in [0.2, 0.25) is 15.9 Å². The zero-order chi connectivity index (χ0) is 15.7. The Hall–Kier alpha value is -1.60. The molecule has 120 valence electrons. The monoisotopic (exact) mass is 324 g/mol. The normalized spacial score (nSPS) is 22.1. The highest BCUT2D eigenvalue weighted by molar-refractivity contribution is 7.89. The van der Waals surface area contributed by atoms with E-state index in [1.165, 1.54) is 12.1 Å². The number of nitrogens with one attached hydrogen (secondary N) is 1. The lowest BCUT2D eigenvalue weighted by molar-refractivity contribution is -0.128. The van der Waals surface area contributed by atoms with Crippen molar-refractivity contribution in [1.82, 2.24) is 9.62 Å². The second-order valence-corrected chi connectivity index (χ2v) is 7.42. The molecule has 1 unspecified atom stereocenters. The van der Waals surface area contributed by atoms with E-state index in [9.17, 15) is 13.2 Å². The summed E-state index contributed by atoms with van der Waals surface area (Å²) in [6, 6.07) is 6.28. The first-order chi connectivity index (χ1) is 10.5. The molecule has 22 heavy (non-hydrogen) atoms. The summed E-state index contributed by atoms with van der Waals surface area (Å²) in [6.07, 6.45) is 2.31. The molecule has 0 aromatic heterocycles. The number of hydrogen-bond acceptors (Lipinski definition) is 4. The van der Waals surface area contributed by atoms with E-state index < -0.39 is 10.0 Å². The molecule has 1 aliphatic carbocycles. The van der Waals surface area contributed by atoms with Crippen LogP contribution >= 0.6 is 0 Å². The van der Waals surface area contributed by atoms with Crippen molar-refractivity contribution in [2.24, 2.45) is 0 Å². The Labute approximate surface area is 130 Å². The molecule has 0 radical (unpaired) electrons. The molecule has 0 bridgehead atoms. The van der Waals surface area contributed by atoms with Crippen molar-refractivity contribution in [3.8, 4) is 5.75 Å². The standard InChI is InChI=1S/C15H20N2O4S/c1-2-21-13-5-7-14(8-6-13)22(19,20)16-11-9-15(18)17(10-11)12-3-4-12/h5-8,11-12,16H,2-4,9-10H2,1H3. The Balaban J connectivity index is 1.67. The van der Waals surface area contributed by atoms with E-state index in [4.69, 9.17) is 4.74 Å². The number of hydrogen-bond donors (Lipinski definition) is 1. The predicted octanol–water partition coefficient (Wildman–Crippen LogP) is 1.13. The summed E-state index contributed by atoms with van der Waals surface area (Å²) < 4.78 is 32.7. The lowest BCUT2D eigenvalue weighted by Crippen LogP contribution is -2.37. The van der Waals surface area contributed by atoms with Gasteiger partial charge in [-0.1, -0.05) is 0 Å². The molecule has 1 aromatic carbocycles. The van der Waals surface area contributed by atoms with E-state index >= 15 is 0 Å². The van der Waals surface area contributed by atoms with Gasteiger partial charge >= 0.3 is 0 Å². The summed E-state index contributed by atoms with van der Waals surface area (Å²) in [5.41, 5.74) is 0. The predicted molar refractivity (Wildman–Crippen MR) is 81.1 cm³/mol. The number of sulfonamides is 1. The molecule has 1 heterocycles. The molecular weight excluding hydrogens is 304 g/mol. The first-order valence-corrected chi connectivity index (χ1v) is 9.02. The highest BCUT2D eigenvalue weighted by atomic mass is 32.2. The minimum atomic E-state index is -3.61. The van der Waals surface area contributed by atoms with Gasteiger partial charge in [0.1, 0.15) is 5.75 Å². The van der Waals surface area contributed by atoms with Crippen LogP contribution in [0.3, 0.4) is 0 Å². The highest BCUT2D eigenvalue weighted by Crippen LogP contribution is 2.31. The molecule has 1 N–H and O–H groups in total. The van der Waals surface area contributed by atoms with Gasteiger partial charge in [0.25, 0.3) is 0 Å². The molecule has 0 spiro atoms. The lowest BCUT2D eigenvalue weighted by Gasteiger charge is -2.16. The molecule has 2 fully saturated rings. The fourth-order valence-electron chi connectivity index (χ4n) is 2.72. The Morgan fingerprint density at radius 1 is 1.27 bits per heavy atom. The first-order valence-electron chi connectivity index (χ1n) is 7.54. The maximum atomic E-state index is 12.4. The number of ether oxygens (including phenoxy) is 1. The van der Waals surface area contributed by atoms with E-state index in [0.717, 1.165) is 12.8 Å². The summed E-state index contributed by atoms with van der Waals surface area (Å²) >= 11 is 0. The SMILES string of the molecule is CCOc1ccc(S(=O)(=O)NC2CC(=O)N(C3CC3)C2)cc1. The van der Waals surface area contributed by atoms with E-state index in [2.05, 4.69) is 4.72 Å². The fraction of sp³-hybridized carbons (Fsp3) is 0.533. The van der Waals surface area contributed by atoms with Crippen LogP contribution in [-0.2, 0) is 14.8 Å². The van der Waals surface area contributed by atoms with E-state index in [1.807, 2.05) is 6.92 Å². The van der Waals surface area contributed by atoms with Crippen LogP contribution in [-0.4, -0.2) is 44.5 Å². The minimum absolute atomic E-state index is 0.0434. The van der Waals surface area contributed by atoms with Gasteiger partial charge in [-0.2, -0.15) is 0 Å². The van der Waals surface area contributed by atoms with Gasteiger partial charge < -0.3 is 9.64 Å². The van der Waals surface area contributed by atoms with E-state index in [0.29, 0.717) is 24.9 Å². The average molecular weight is 324 g/mol. The van der Waals surface area contributed by atoms with Crippen LogP contribution in [0.5, 0.6) is 5.75 Å². The number of benzene rings is 1. The van der Waals surface area contributed by atoms with Crippen LogP contribution in [0.4, 0.5) is 0 Å². The molecule has 3 rings (SSSR count). The van der Waals surface area contributed by atoms with Crippen LogP contribution in [0.25, 0.3) is 0 Å². The smallest absolute Gasteiger partial charge is 0.240 e. The van der Waals surface area contributed by atoms with Crippen LogP contribution < -0.4 is 9.46 Å². The molecule has 1 saturated carbocycles. The molecule has 6 nitrogen and oxygen atoms in total. The van der Waals surface area contributed by atoms with Crippen molar-refractivity contribution < 1.29 is 17.9 Å². The number of nitrogens with zero attached hydrogens (tertiary/aromatic N) is 1. The molecule has 1 saturated heterocycles. The van der Waals surface area contributed by atoms with Crippen LogP contribution in [0.1, 0.15) is 26.2 Å². The first kappa shape index (κ1) is 15.3. The number of carbonyl (C=O) groups is 1. The summed E-state index contributed by atoms with van der Waals surface area (Å²) in [7, 11) is -3.61. The summed E-state index contributed by atoms with van der Waals surface area (Å²) in [5.74, 6) is 0.680. The van der Waals surface area contributed by atoms with Gasteiger partial charge in [0.05, 0.1) is 11.5 Å². The molecule has 1 aromatic rings. The van der Waals surface area contributed by atoms with Crippen molar-refractivity contribution in [2.75, 3.05) is 13.2 Å². The van der Waals surface area contributed by atoms with Crippen molar-refractivity contribution in [1.29, 1.82) is 0 Å². The Morgan fingerprint density at radius 2 is 1.95 bits per heavy atom. The van der Waals surface area contributed by atoms with Gasteiger partial charge in [0.15, 0.2) is 0 Å². The van der Waals surface area contributed by atoms with Crippen molar-refractivity contribution >= 4 is 15.9 Å². The zero-order valence-electron chi connectivity index (χ0n) is 12.5. The number of carbonyl (C=O) groups excluding carboxylic acids is 1. The van der Waals surface area contributed by atoms with Crippen LogP contribution in [0.2, 0.25) is 0 Å². The summed E-state index contributed by atoms with van der Waals surface area (Å²) in [6.45, 7) is 2.88. The van der Waals surface area contributed by atoms with E-state index in [1.54, 1.807) is 17.0 Å². The third kappa shape index (κ3) is 3.25. The highest BCUT2D eigenvalue weighted by Gasteiger charge is 2.40. The number of likely N-dealkylation sites (tertiary alicyclic amines) is 1. The average Bonchev–Trinajstić information content (AvgIpc) is 3.24. The topological polar surface area (TPSA) is 75.7 Å². The van der Waals surface area contributed by atoms with Gasteiger partial charge in [0, 0.05) is 25.0 Å². The van der Waals surface area contributed by atoms with Gasteiger partial charge in [-0.3, -0.25) is 4.79 Å². The quantitative estimate of drug-likeness (QED) is 0.851. The number of rotatable bonds is 6. The van der Waals surface area contributed by atoms with Crippen molar-refractivity contribution in [3.05, 3.63) is 24.3 Å². The van der Waals surface area contributed by atoms with Gasteiger partial charge in [-0.25, -0.2) is 13.1 Å². The Morgan fingerprint density at radius 3 is 2.55 bits per heavy atom. The zero-order valence-corrected chi connectivity index (χ0v) is 13.3. The Kier molecular flexibility index (Phi) is 4.10. The van der Waals surface area contributed by atoms with E-state index in [-0.39, 0.29) is 23.3 Å². The molecule has 1 atom stereocenters. The molecule has 1 amide bonds. The van der Waals surface area contributed by atoms with Crippen molar-refractivity contribution in [2.45, 2.75) is 43.2 Å². The summed E-state index contributed by atoms with van der Waals surface area (Å²) in [5, 5.41) is 0. The molecule has 2 aliphatic rings. The molecule has 1 aliphatic heterocycles.